The van der Waals surface area contributed by atoms with Crippen LogP contribution in [0.5, 0.6) is 0 Å². The van der Waals surface area contributed by atoms with Crippen LogP contribution in [-0.2, 0) is 0 Å². The number of benzene rings is 1. The molecule has 0 saturated carbocycles. The fourth-order valence-electron chi connectivity index (χ4n) is 0.857. The average molecular weight is 222 g/mol. The molecule has 14 heavy (non-hydrogen) atoms. The zero-order chi connectivity index (χ0) is 10.8. The first-order valence-corrected chi connectivity index (χ1v) is 4.30. The van der Waals surface area contributed by atoms with Gasteiger partial charge in [0, 0.05) is 4.90 Å². The van der Waals surface area contributed by atoms with Crippen LogP contribution in [0.4, 0.5) is 13.2 Å². The van der Waals surface area contributed by atoms with Gasteiger partial charge in [-0.1, -0.05) is 12.1 Å². The minimum atomic E-state index is -4.47. The molecule has 0 fully saturated rings. The lowest BCUT2D eigenvalue weighted by Gasteiger charge is -2.07. The van der Waals surface area contributed by atoms with Crippen molar-refractivity contribution in [3.8, 4) is 0 Å². The van der Waals surface area contributed by atoms with Gasteiger partial charge in [-0.15, -0.1) is 0 Å². The number of hydrogen-bond acceptors (Lipinski definition) is 2. The van der Waals surface area contributed by atoms with Gasteiger partial charge in [0.25, 0.3) is 0 Å². The van der Waals surface area contributed by atoms with E-state index in [1.807, 2.05) is 0 Å². The SMILES string of the molecule is O=C(O)c1ccccc1SC(F)(F)F. The first kappa shape index (κ1) is 10.9. The van der Waals surface area contributed by atoms with Crippen molar-refractivity contribution < 1.29 is 23.1 Å². The van der Waals surface area contributed by atoms with Crippen LogP contribution < -0.4 is 0 Å². The number of hydrogen-bond donors (Lipinski definition) is 1. The van der Waals surface area contributed by atoms with Crippen molar-refractivity contribution in [1.29, 1.82) is 0 Å². The number of aromatic carboxylic acids is 1. The number of thioether (sulfide) groups is 1. The zero-order valence-corrected chi connectivity index (χ0v) is 7.52. The van der Waals surface area contributed by atoms with Gasteiger partial charge in [0.1, 0.15) is 0 Å². The Hall–Kier alpha value is -1.17. The summed E-state index contributed by atoms with van der Waals surface area (Å²) in [5.41, 5.74) is -4.80. The van der Waals surface area contributed by atoms with Gasteiger partial charge < -0.3 is 5.11 Å². The second kappa shape index (κ2) is 3.91. The van der Waals surface area contributed by atoms with E-state index in [2.05, 4.69) is 0 Å². The number of carbonyl (C=O) groups is 1. The van der Waals surface area contributed by atoms with Gasteiger partial charge in [0.2, 0.25) is 0 Å². The molecule has 6 heteroatoms. The summed E-state index contributed by atoms with van der Waals surface area (Å²) in [5.74, 6) is -1.36. The van der Waals surface area contributed by atoms with Crippen LogP contribution in [0.1, 0.15) is 10.4 Å². The van der Waals surface area contributed by atoms with Crippen LogP contribution >= 0.6 is 11.8 Å². The Labute approximate surface area is 81.7 Å². The maximum absolute atomic E-state index is 12.0. The molecule has 0 unspecified atom stereocenters. The van der Waals surface area contributed by atoms with Crippen molar-refractivity contribution in [2.75, 3.05) is 0 Å². The predicted octanol–water partition coefficient (Wildman–Crippen LogP) is 3.00. The summed E-state index contributed by atoms with van der Waals surface area (Å²) in [6.45, 7) is 0. The number of halogens is 3. The smallest absolute Gasteiger partial charge is 0.446 e. The van der Waals surface area contributed by atoms with Crippen LogP contribution in [0.15, 0.2) is 29.2 Å². The summed E-state index contributed by atoms with van der Waals surface area (Å²) < 4.78 is 35.9. The molecule has 0 aromatic heterocycles. The Morgan fingerprint density at radius 3 is 2.36 bits per heavy atom. The highest BCUT2D eigenvalue weighted by Crippen LogP contribution is 2.38. The van der Waals surface area contributed by atoms with E-state index in [0.717, 1.165) is 12.1 Å². The van der Waals surface area contributed by atoms with Gasteiger partial charge in [0.05, 0.1) is 5.56 Å². The highest BCUT2D eigenvalue weighted by Gasteiger charge is 2.31. The molecule has 1 N–H and O–H groups in total. The number of carboxylic acids is 1. The highest BCUT2D eigenvalue weighted by molar-refractivity contribution is 8.00. The summed E-state index contributed by atoms with van der Waals surface area (Å²) in [6.07, 6.45) is 0. The Bertz CT molecular complexity index is 349. The molecule has 0 saturated heterocycles. The number of rotatable bonds is 2. The first-order valence-electron chi connectivity index (χ1n) is 3.48. The van der Waals surface area contributed by atoms with Crippen LogP contribution in [-0.4, -0.2) is 16.6 Å². The Morgan fingerprint density at radius 1 is 1.29 bits per heavy atom. The zero-order valence-electron chi connectivity index (χ0n) is 6.71. The van der Waals surface area contributed by atoms with Crippen molar-refractivity contribution in [3.05, 3.63) is 29.8 Å². The quantitative estimate of drug-likeness (QED) is 0.781. The van der Waals surface area contributed by atoms with Crippen LogP contribution in [0.2, 0.25) is 0 Å². The maximum Gasteiger partial charge on any atom is 0.446 e. The summed E-state index contributed by atoms with van der Waals surface area (Å²) in [7, 11) is 0. The third kappa shape index (κ3) is 2.95. The third-order valence-electron chi connectivity index (χ3n) is 1.34. The molecule has 0 atom stereocenters. The largest absolute Gasteiger partial charge is 0.478 e. The van der Waals surface area contributed by atoms with E-state index in [9.17, 15) is 18.0 Å². The minimum Gasteiger partial charge on any atom is -0.478 e. The molecule has 0 spiro atoms. The van der Waals surface area contributed by atoms with Gasteiger partial charge in [-0.25, -0.2) is 4.79 Å². The second-order valence-electron chi connectivity index (χ2n) is 2.35. The van der Waals surface area contributed by atoms with Gasteiger partial charge in [-0.2, -0.15) is 13.2 Å². The van der Waals surface area contributed by atoms with E-state index < -0.39 is 23.2 Å². The molecule has 2 nitrogen and oxygen atoms in total. The van der Waals surface area contributed by atoms with Gasteiger partial charge >= 0.3 is 11.5 Å². The van der Waals surface area contributed by atoms with Gasteiger partial charge in [-0.05, 0) is 23.9 Å². The number of alkyl halides is 3. The van der Waals surface area contributed by atoms with E-state index in [1.165, 1.54) is 12.1 Å². The fourth-order valence-corrected chi connectivity index (χ4v) is 1.52. The van der Waals surface area contributed by atoms with Gasteiger partial charge in [0.15, 0.2) is 0 Å². The van der Waals surface area contributed by atoms with Crippen molar-refractivity contribution in [2.24, 2.45) is 0 Å². The molecule has 0 aliphatic heterocycles. The molecule has 0 aliphatic carbocycles. The molecule has 76 valence electrons. The topological polar surface area (TPSA) is 37.3 Å². The monoisotopic (exact) mass is 222 g/mol. The predicted molar refractivity (Wildman–Crippen MR) is 45.3 cm³/mol. The summed E-state index contributed by atoms with van der Waals surface area (Å²) >= 11 is -0.425. The Kier molecular flexibility index (Phi) is 3.05. The van der Waals surface area contributed by atoms with E-state index in [4.69, 9.17) is 5.11 Å². The summed E-state index contributed by atoms with van der Waals surface area (Å²) in [4.78, 5) is 10.2. The highest BCUT2D eigenvalue weighted by atomic mass is 32.2. The molecule has 1 aromatic carbocycles. The van der Waals surface area contributed by atoms with Gasteiger partial charge in [-0.3, -0.25) is 0 Å². The standard InChI is InChI=1S/C8H5F3O2S/c9-8(10,11)14-6-4-2-1-3-5(6)7(12)13/h1-4H,(H,12,13). The molecule has 0 amide bonds. The van der Waals surface area contributed by atoms with E-state index in [0.29, 0.717) is 0 Å². The normalized spacial score (nSPS) is 11.4. The molecule has 0 radical (unpaired) electrons. The Morgan fingerprint density at radius 2 is 1.86 bits per heavy atom. The van der Waals surface area contributed by atoms with E-state index in [1.54, 1.807) is 0 Å². The average Bonchev–Trinajstić information content (AvgIpc) is 2.01. The molecule has 0 aliphatic rings. The summed E-state index contributed by atoms with van der Waals surface area (Å²) in [6, 6.07) is 5.00. The van der Waals surface area contributed by atoms with Crippen LogP contribution in [0, 0.1) is 0 Å². The second-order valence-corrected chi connectivity index (χ2v) is 3.46. The van der Waals surface area contributed by atoms with Crippen LogP contribution in [0.25, 0.3) is 0 Å². The Balaban J connectivity index is 3.02. The van der Waals surface area contributed by atoms with Crippen molar-refractivity contribution >= 4 is 17.7 Å². The van der Waals surface area contributed by atoms with Crippen molar-refractivity contribution in [1.82, 2.24) is 0 Å². The molecule has 0 bridgehead atoms. The van der Waals surface area contributed by atoms with E-state index in [-0.39, 0.29) is 10.5 Å². The summed E-state index contributed by atoms with van der Waals surface area (Å²) in [5, 5.41) is 8.58. The molecule has 1 aromatic rings. The lowest BCUT2D eigenvalue weighted by Crippen LogP contribution is -2.04. The van der Waals surface area contributed by atoms with Crippen LogP contribution in [0.3, 0.4) is 0 Å². The van der Waals surface area contributed by atoms with Crippen molar-refractivity contribution in [3.63, 3.8) is 0 Å². The fraction of sp³-hybridized carbons (Fsp3) is 0.125. The molecular formula is C8H5F3O2S. The maximum atomic E-state index is 12.0. The molecular weight excluding hydrogens is 217 g/mol. The lowest BCUT2D eigenvalue weighted by atomic mass is 10.2. The molecule has 1 rings (SSSR count). The minimum absolute atomic E-state index is 0.299. The van der Waals surface area contributed by atoms with E-state index >= 15 is 0 Å². The number of carboxylic acid groups (broad SMARTS) is 1. The third-order valence-corrected chi connectivity index (χ3v) is 2.15. The molecule has 0 heterocycles. The first-order chi connectivity index (χ1) is 6.40. The van der Waals surface area contributed by atoms with Crippen molar-refractivity contribution in [2.45, 2.75) is 10.4 Å². The lowest BCUT2D eigenvalue weighted by molar-refractivity contribution is -0.0328.